The zero-order valence-corrected chi connectivity index (χ0v) is 11.4. The summed E-state index contributed by atoms with van der Waals surface area (Å²) in [6, 6.07) is 7.76. The zero-order chi connectivity index (χ0) is 14.4. The summed E-state index contributed by atoms with van der Waals surface area (Å²) in [5.74, 6) is 7.68. The summed E-state index contributed by atoms with van der Waals surface area (Å²) in [5.41, 5.74) is 3.56. The Morgan fingerprint density at radius 2 is 1.75 bits per heavy atom. The highest BCUT2D eigenvalue weighted by atomic mass is 16.5. The van der Waals surface area contributed by atoms with Crippen molar-refractivity contribution < 1.29 is 9.47 Å². The van der Waals surface area contributed by atoms with E-state index in [0.29, 0.717) is 23.9 Å². The van der Waals surface area contributed by atoms with Crippen molar-refractivity contribution in [2.24, 2.45) is 5.84 Å². The highest BCUT2D eigenvalue weighted by Crippen LogP contribution is 2.28. The molecule has 0 bridgehead atoms. The van der Waals surface area contributed by atoms with Crippen LogP contribution < -0.4 is 26.1 Å². The van der Waals surface area contributed by atoms with E-state index in [1.807, 2.05) is 24.3 Å². The summed E-state index contributed by atoms with van der Waals surface area (Å²) in [5, 5.41) is 3.18. The first-order valence-electron chi connectivity index (χ1n) is 6.01. The molecular weight excluding hydrogens is 258 g/mol. The van der Waals surface area contributed by atoms with Crippen LogP contribution in [-0.4, -0.2) is 24.2 Å². The quantitative estimate of drug-likeness (QED) is 0.541. The molecular formula is C13H17N5O2. The SMILES string of the molecule is COc1ccc(CNc2ncnc(NN)c2OC)cc1. The van der Waals surface area contributed by atoms with Crippen LogP contribution in [0.2, 0.25) is 0 Å². The van der Waals surface area contributed by atoms with Crippen LogP contribution in [0.5, 0.6) is 11.5 Å². The topological polar surface area (TPSA) is 94.3 Å². The van der Waals surface area contributed by atoms with Gasteiger partial charge in [0.15, 0.2) is 11.6 Å². The van der Waals surface area contributed by atoms with Crippen LogP contribution in [0.25, 0.3) is 0 Å². The van der Waals surface area contributed by atoms with Crippen molar-refractivity contribution in [2.75, 3.05) is 25.0 Å². The normalized spacial score (nSPS) is 9.95. The largest absolute Gasteiger partial charge is 0.497 e. The fourth-order valence-electron chi connectivity index (χ4n) is 1.73. The van der Waals surface area contributed by atoms with Crippen molar-refractivity contribution in [2.45, 2.75) is 6.54 Å². The third-order valence-corrected chi connectivity index (χ3v) is 2.76. The molecule has 1 heterocycles. The number of anilines is 2. The highest BCUT2D eigenvalue weighted by Gasteiger charge is 2.10. The molecule has 0 unspecified atom stereocenters. The zero-order valence-electron chi connectivity index (χ0n) is 11.4. The number of hydrogen-bond donors (Lipinski definition) is 3. The van der Waals surface area contributed by atoms with E-state index < -0.39 is 0 Å². The number of nitrogen functional groups attached to an aromatic ring is 1. The summed E-state index contributed by atoms with van der Waals surface area (Å²) in [7, 11) is 3.18. The van der Waals surface area contributed by atoms with Gasteiger partial charge in [-0.25, -0.2) is 15.8 Å². The Balaban J connectivity index is 2.10. The minimum atomic E-state index is 0.430. The van der Waals surface area contributed by atoms with Gasteiger partial charge in [-0.05, 0) is 17.7 Å². The number of nitrogens with one attached hydrogen (secondary N) is 2. The standard InChI is InChI=1S/C13H17N5O2/c1-19-10-5-3-9(4-6-10)7-15-12-11(20-2)13(18-14)17-8-16-12/h3-6,8H,7,14H2,1-2H3,(H2,15,16,17,18). The van der Waals surface area contributed by atoms with E-state index in [0.717, 1.165) is 11.3 Å². The van der Waals surface area contributed by atoms with Gasteiger partial charge in [0, 0.05) is 6.54 Å². The van der Waals surface area contributed by atoms with Crippen LogP contribution in [0.1, 0.15) is 5.56 Å². The van der Waals surface area contributed by atoms with Gasteiger partial charge in [-0.1, -0.05) is 12.1 Å². The van der Waals surface area contributed by atoms with E-state index in [9.17, 15) is 0 Å². The lowest BCUT2D eigenvalue weighted by atomic mass is 10.2. The Morgan fingerprint density at radius 3 is 2.35 bits per heavy atom. The molecule has 0 aliphatic heterocycles. The molecule has 2 aromatic rings. The van der Waals surface area contributed by atoms with Gasteiger partial charge in [0.2, 0.25) is 5.75 Å². The van der Waals surface area contributed by atoms with Gasteiger partial charge in [0.1, 0.15) is 12.1 Å². The number of rotatable bonds is 6. The molecule has 0 saturated heterocycles. The number of methoxy groups -OCH3 is 2. The van der Waals surface area contributed by atoms with Crippen molar-refractivity contribution in [3.8, 4) is 11.5 Å². The predicted molar refractivity (Wildman–Crippen MR) is 76.7 cm³/mol. The van der Waals surface area contributed by atoms with Crippen LogP contribution >= 0.6 is 0 Å². The third kappa shape index (κ3) is 3.07. The molecule has 0 aliphatic rings. The number of hydrogen-bond acceptors (Lipinski definition) is 7. The number of ether oxygens (including phenoxy) is 2. The first-order valence-corrected chi connectivity index (χ1v) is 6.01. The molecule has 0 spiro atoms. The van der Waals surface area contributed by atoms with Crippen molar-refractivity contribution in [1.29, 1.82) is 0 Å². The van der Waals surface area contributed by atoms with Crippen LogP contribution in [0.4, 0.5) is 11.6 Å². The molecule has 20 heavy (non-hydrogen) atoms. The van der Waals surface area contributed by atoms with Crippen molar-refractivity contribution in [1.82, 2.24) is 9.97 Å². The average molecular weight is 275 g/mol. The van der Waals surface area contributed by atoms with Crippen molar-refractivity contribution >= 4 is 11.6 Å². The van der Waals surface area contributed by atoms with Gasteiger partial charge in [-0.3, -0.25) is 0 Å². The second-order valence-electron chi connectivity index (χ2n) is 3.95. The summed E-state index contributed by atoms with van der Waals surface area (Å²) in [6.45, 7) is 0.599. The number of hydrazine groups is 1. The second-order valence-corrected chi connectivity index (χ2v) is 3.95. The van der Waals surface area contributed by atoms with Crippen molar-refractivity contribution in [3.63, 3.8) is 0 Å². The van der Waals surface area contributed by atoms with Gasteiger partial charge in [0.25, 0.3) is 0 Å². The Bertz CT molecular complexity index is 559. The maximum Gasteiger partial charge on any atom is 0.205 e. The van der Waals surface area contributed by atoms with Crippen LogP contribution in [0.3, 0.4) is 0 Å². The summed E-state index contributed by atoms with van der Waals surface area (Å²) in [6.07, 6.45) is 1.41. The predicted octanol–water partition coefficient (Wildman–Crippen LogP) is 1.39. The molecule has 106 valence electrons. The molecule has 7 nitrogen and oxygen atoms in total. The number of aromatic nitrogens is 2. The summed E-state index contributed by atoms with van der Waals surface area (Å²) < 4.78 is 10.4. The van der Waals surface area contributed by atoms with E-state index in [4.69, 9.17) is 15.3 Å². The molecule has 1 aromatic carbocycles. The van der Waals surface area contributed by atoms with Gasteiger partial charge in [0.05, 0.1) is 14.2 Å². The first kappa shape index (κ1) is 13.9. The molecule has 0 amide bonds. The minimum Gasteiger partial charge on any atom is -0.497 e. The van der Waals surface area contributed by atoms with E-state index >= 15 is 0 Å². The van der Waals surface area contributed by atoms with Crippen LogP contribution in [0, 0.1) is 0 Å². The summed E-state index contributed by atoms with van der Waals surface area (Å²) >= 11 is 0. The maximum absolute atomic E-state index is 5.37. The Morgan fingerprint density at radius 1 is 1.05 bits per heavy atom. The molecule has 4 N–H and O–H groups in total. The fraction of sp³-hybridized carbons (Fsp3) is 0.231. The fourth-order valence-corrected chi connectivity index (χ4v) is 1.73. The molecule has 1 aromatic heterocycles. The van der Waals surface area contributed by atoms with Gasteiger partial charge in [-0.15, -0.1) is 0 Å². The van der Waals surface area contributed by atoms with Gasteiger partial charge in [-0.2, -0.15) is 0 Å². The minimum absolute atomic E-state index is 0.430. The number of nitrogens with two attached hydrogens (primary N) is 1. The Hall–Kier alpha value is -2.54. The van der Waals surface area contributed by atoms with E-state index in [-0.39, 0.29) is 0 Å². The van der Waals surface area contributed by atoms with E-state index in [2.05, 4.69) is 20.7 Å². The number of nitrogens with zero attached hydrogens (tertiary/aromatic N) is 2. The molecule has 2 rings (SSSR count). The van der Waals surface area contributed by atoms with Crippen molar-refractivity contribution in [3.05, 3.63) is 36.2 Å². The lowest BCUT2D eigenvalue weighted by molar-refractivity contribution is 0.414. The highest BCUT2D eigenvalue weighted by molar-refractivity contribution is 5.63. The van der Waals surface area contributed by atoms with Crippen LogP contribution in [-0.2, 0) is 6.54 Å². The number of benzene rings is 1. The Labute approximate surface area is 117 Å². The summed E-state index contributed by atoms with van der Waals surface area (Å²) in [4.78, 5) is 8.12. The monoisotopic (exact) mass is 275 g/mol. The molecule has 7 heteroatoms. The lowest BCUT2D eigenvalue weighted by Crippen LogP contribution is -2.12. The Kier molecular flexibility index (Phi) is 4.56. The smallest absolute Gasteiger partial charge is 0.205 e. The van der Waals surface area contributed by atoms with Gasteiger partial charge >= 0.3 is 0 Å². The molecule has 0 fully saturated rings. The molecule has 0 saturated carbocycles. The molecule has 0 aliphatic carbocycles. The molecule has 0 atom stereocenters. The second kappa shape index (κ2) is 6.58. The van der Waals surface area contributed by atoms with E-state index in [1.165, 1.54) is 13.4 Å². The molecule has 0 radical (unpaired) electrons. The van der Waals surface area contributed by atoms with E-state index in [1.54, 1.807) is 7.11 Å². The van der Waals surface area contributed by atoms with Crippen LogP contribution in [0.15, 0.2) is 30.6 Å². The third-order valence-electron chi connectivity index (χ3n) is 2.76. The first-order chi connectivity index (χ1) is 9.78. The van der Waals surface area contributed by atoms with Gasteiger partial charge < -0.3 is 20.2 Å². The lowest BCUT2D eigenvalue weighted by Gasteiger charge is -2.12. The average Bonchev–Trinajstić information content (AvgIpc) is 2.52. The maximum atomic E-state index is 5.37.